The summed E-state index contributed by atoms with van der Waals surface area (Å²) in [6.45, 7) is 6.47. The maximum atomic E-state index is 5.58. The van der Waals surface area contributed by atoms with Gasteiger partial charge in [0.2, 0.25) is 5.89 Å². The average Bonchev–Trinajstić information content (AvgIpc) is 2.88. The largest absolute Gasteiger partial charge is 0.338 e. The molecule has 3 rings (SSSR count). The van der Waals surface area contributed by atoms with Crippen LogP contribution >= 0.6 is 0 Å². The fraction of sp³-hybridized carbons (Fsp3) is 0.867. The second kappa shape index (κ2) is 6.42. The lowest BCUT2D eigenvalue weighted by atomic mass is 9.93. The van der Waals surface area contributed by atoms with Gasteiger partial charge in [-0.3, -0.25) is 4.90 Å². The van der Waals surface area contributed by atoms with Gasteiger partial charge in [-0.25, -0.2) is 0 Å². The zero-order valence-electron chi connectivity index (χ0n) is 13.4. The average molecular weight is 293 g/mol. The Morgan fingerprint density at radius 2 is 2.10 bits per heavy atom. The maximum Gasteiger partial charge on any atom is 0.244 e. The fourth-order valence-electron chi connectivity index (χ4n) is 3.44. The number of rotatable bonds is 2. The van der Waals surface area contributed by atoms with E-state index in [2.05, 4.69) is 41.3 Å². The monoisotopic (exact) mass is 293 g/mol. The van der Waals surface area contributed by atoms with Gasteiger partial charge in [0.25, 0.3) is 0 Å². The van der Waals surface area contributed by atoms with Gasteiger partial charge in [-0.05, 0) is 58.9 Å². The molecule has 1 aromatic heterocycles. The molecule has 0 aromatic carbocycles. The van der Waals surface area contributed by atoms with Gasteiger partial charge >= 0.3 is 0 Å². The lowest BCUT2D eigenvalue weighted by Crippen LogP contribution is -2.33. The summed E-state index contributed by atoms with van der Waals surface area (Å²) in [5, 5.41) is 7.80. The van der Waals surface area contributed by atoms with E-state index in [1.807, 2.05) is 0 Å². The molecule has 2 saturated heterocycles. The Kier molecular flexibility index (Phi) is 4.57. The van der Waals surface area contributed by atoms with Crippen LogP contribution in [0, 0.1) is 5.92 Å². The van der Waals surface area contributed by atoms with Crippen molar-refractivity contribution in [1.29, 1.82) is 0 Å². The standard InChI is InChI=1S/C15H27N5O/c1-11-6-4-7-16-13(11)15-17-14(18-21-15)12-10-19(2)8-5-9-20(12)3/h11-13,16H,4-10H2,1-3H3. The van der Waals surface area contributed by atoms with E-state index >= 15 is 0 Å². The number of hydrogen-bond donors (Lipinski definition) is 1. The number of nitrogens with zero attached hydrogens (tertiary/aromatic N) is 4. The first-order valence-electron chi connectivity index (χ1n) is 8.11. The molecule has 6 nitrogen and oxygen atoms in total. The quantitative estimate of drug-likeness (QED) is 0.890. The molecule has 2 fully saturated rings. The lowest BCUT2D eigenvalue weighted by molar-refractivity contribution is 0.212. The zero-order valence-corrected chi connectivity index (χ0v) is 13.4. The van der Waals surface area contributed by atoms with Crippen LogP contribution in [0.2, 0.25) is 0 Å². The molecule has 0 radical (unpaired) electrons. The Morgan fingerprint density at radius 1 is 1.24 bits per heavy atom. The Balaban J connectivity index is 1.76. The Hall–Kier alpha value is -0.980. The third-order valence-electron chi connectivity index (χ3n) is 4.86. The van der Waals surface area contributed by atoms with E-state index in [0.29, 0.717) is 5.92 Å². The summed E-state index contributed by atoms with van der Waals surface area (Å²) >= 11 is 0. The van der Waals surface area contributed by atoms with Crippen LogP contribution in [0.3, 0.4) is 0 Å². The lowest BCUT2D eigenvalue weighted by Gasteiger charge is -2.27. The van der Waals surface area contributed by atoms with E-state index in [4.69, 9.17) is 9.51 Å². The van der Waals surface area contributed by atoms with E-state index in [1.165, 1.54) is 19.3 Å². The summed E-state index contributed by atoms with van der Waals surface area (Å²) in [6, 6.07) is 0.447. The van der Waals surface area contributed by atoms with E-state index in [-0.39, 0.29) is 12.1 Å². The second-order valence-corrected chi connectivity index (χ2v) is 6.65. The summed E-state index contributed by atoms with van der Waals surface area (Å²) < 4.78 is 5.58. The van der Waals surface area contributed by atoms with Crippen LogP contribution in [-0.2, 0) is 0 Å². The molecule has 0 amide bonds. The Bertz CT molecular complexity index is 463. The predicted molar refractivity (Wildman–Crippen MR) is 80.9 cm³/mol. The van der Waals surface area contributed by atoms with Crippen molar-refractivity contribution in [2.75, 3.05) is 40.3 Å². The highest BCUT2D eigenvalue weighted by Crippen LogP contribution is 2.29. The van der Waals surface area contributed by atoms with Crippen LogP contribution in [0.4, 0.5) is 0 Å². The van der Waals surface area contributed by atoms with Crippen LogP contribution in [0.5, 0.6) is 0 Å². The molecule has 118 valence electrons. The topological polar surface area (TPSA) is 57.4 Å². The molecule has 3 unspecified atom stereocenters. The third kappa shape index (κ3) is 3.27. The predicted octanol–water partition coefficient (Wildman–Crippen LogP) is 1.44. The van der Waals surface area contributed by atoms with Crippen molar-refractivity contribution in [2.45, 2.75) is 38.3 Å². The molecule has 0 bridgehead atoms. The molecular weight excluding hydrogens is 266 g/mol. The number of piperidine rings is 1. The summed E-state index contributed by atoms with van der Waals surface area (Å²) in [6.07, 6.45) is 3.64. The first kappa shape index (κ1) is 14.9. The number of hydrogen-bond acceptors (Lipinski definition) is 6. The molecule has 2 aliphatic rings. The van der Waals surface area contributed by atoms with E-state index in [9.17, 15) is 0 Å². The highest BCUT2D eigenvalue weighted by atomic mass is 16.5. The van der Waals surface area contributed by atoms with Gasteiger partial charge in [-0.2, -0.15) is 4.98 Å². The molecule has 1 N–H and O–H groups in total. The molecule has 0 spiro atoms. The van der Waals surface area contributed by atoms with Gasteiger partial charge in [0.1, 0.15) is 0 Å². The molecule has 0 saturated carbocycles. The molecule has 6 heteroatoms. The summed E-state index contributed by atoms with van der Waals surface area (Å²) in [4.78, 5) is 9.42. The third-order valence-corrected chi connectivity index (χ3v) is 4.86. The van der Waals surface area contributed by atoms with E-state index < -0.39 is 0 Å². The highest BCUT2D eigenvalue weighted by molar-refractivity contribution is 5.01. The SMILES string of the molecule is CC1CCCNC1c1nc(C2CN(C)CCCN2C)no1. The van der Waals surface area contributed by atoms with Crippen LogP contribution in [0.1, 0.15) is 50.0 Å². The van der Waals surface area contributed by atoms with Crippen molar-refractivity contribution in [2.24, 2.45) is 5.92 Å². The highest BCUT2D eigenvalue weighted by Gasteiger charge is 2.31. The van der Waals surface area contributed by atoms with Crippen molar-refractivity contribution in [1.82, 2.24) is 25.3 Å². The molecule has 1 aromatic rings. The first-order chi connectivity index (χ1) is 10.1. The maximum absolute atomic E-state index is 5.58. The minimum Gasteiger partial charge on any atom is -0.338 e. The van der Waals surface area contributed by atoms with Crippen molar-refractivity contribution < 1.29 is 4.52 Å². The van der Waals surface area contributed by atoms with E-state index in [1.54, 1.807) is 0 Å². The minimum atomic E-state index is 0.216. The van der Waals surface area contributed by atoms with E-state index in [0.717, 1.165) is 37.9 Å². The van der Waals surface area contributed by atoms with Crippen LogP contribution in [0.15, 0.2) is 4.52 Å². The van der Waals surface area contributed by atoms with Crippen molar-refractivity contribution in [3.63, 3.8) is 0 Å². The van der Waals surface area contributed by atoms with Crippen molar-refractivity contribution in [3.8, 4) is 0 Å². The van der Waals surface area contributed by atoms with Crippen LogP contribution < -0.4 is 5.32 Å². The van der Waals surface area contributed by atoms with Gasteiger partial charge in [0.15, 0.2) is 5.82 Å². The normalized spacial score (nSPS) is 33.0. The summed E-state index contributed by atoms with van der Waals surface area (Å²) in [5.41, 5.74) is 0. The molecule has 3 heterocycles. The second-order valence-electron chi connectivity index (χ2n) is 6.65. The number of nitrogens with one attached hydrogen (secondary N) is 1. The van der Waals surface area contributed by atoms with Gasteiger partial charge in [-0.1, -0.05) is 12.1 Å². The van der Waals surface area contributed by atoms with Gasteiger partial charge in [0.05, 0.1) is 12.1 Å². The molecule has 21 heavy (non-hydrogen) atoms. The smallest absolute Gasteiger partial charge is 0.244 e. The van der Waals surface area contributed by atoms with Gasteiger partial charge in [-0.15, -0.1) is 0 Å². The molecule has 3 atom stereocenters. The number of likely N-dealkylation sites (N-methyl/N-ethyl adjacent to an activating group) is 2. The first-order valence-corrected chi connectivity index (χ1v) is 8.11. The van der Waals surface area contributed by atoms with Gasteiger partial charge < -0.3 is 14.7 Å². The van der Waals surface area contributed by atoms with Gasteiger partial charge in [0, 0.05) is 6.54 Å². The van der Waals surface area contributed by atoms with Crippen molar-refractivity contribution in [3.05, 3.63) is 11.7 Å². The minimum absolute atomic E-state index is 0.216. The molecule has 2 aliphatic heterocycles. The molecular formula is C15H27N5O. The number of aromatic nitrogens is 2. The summed E-state index contributed by atoms with van der Waals surface area (Å²) in [5.74, 6) is 2.15. The fourth-order valence-corrected chi connectivity index (χ4v) is 3.44. The molecule has 0 aliphatic carbocycles. The van der Waals surface area contributed by atoms with Crippen LogP contribution in [0.25, 0.3) is 0 Å². The van der Waals surface area contributed by atoms with Crippen molar-refractivity contribution >= 4 is 0 Å². The van der Waals surface area contributed by atoms with Crippen LogP contribution in [-0.4, -0.2) is 60.2 Å². The Labute approximate surface area is 126 Å². The Morgan fingerprint density at radius 3 is 2.90 bits per heavy atom. The zero-order chi connectivity index (χ0) is 14.8. The summed E-state index contributed by atoms with van der Waals surface area (Å²) in [7, 11) is 4.32.